The molecule has 3 rings (SSSR count). The summed E-state index contributed by atoms with van der Waals surface area (Å²) >= 11 is 0. The number of rotatable bonds is 9. The molecule has 10 N–H and O–H groups in total. The van der Waals surface area contributed by atoms with Crippen molar-refractivity contribution >= 4 is 0 Å². The Balaban J connectivity index is 1.67. The van der Waals surface area contributed by atoms with Gasteiger partial charge in [0.05, 0.1) is 26.4 Å². The molecule has 0 aromatic heterocycles. The van der Waals surface area contributed by atoms with Gasteiger partial charge in [-0.1, -0.05) is 0 Å². The van der Waals surface area contributed by atoms with Crippen LogP contribution in [0.4, 0.5) is 0 Å². The molecule has 3 aliphatic rings. The van der Waals surface area contributed by atoms with E-state index < -0.39 is 93.1 Å². The third-order valence-electron chi connectivity index (χ3n) is 5.92. The van der Waals surface area contributed by atoms with E-state index in [1.54, 1.807) is 0 Å². The number of aliphatic hydroxyl groups excluding tert-OH is 8. The van der Waals surface area contributed by atoms with Crippen molar-refractivity contribution in [1.29, 1.82) is 0 Å². The third kappa shape index (κ3) is 6.20. The van der Waals surface area contributed by atoms with Crippen molar-refractivity contribution in [2.75, 3.05) is 33.0 Å². The Labute approximate surface area is 195 Å². The first-order valence-electron chi connectivity index (χ1n) is 11.1. The highest BCUT2D eigenvalue weighted by Crippen LogP contribution is 2.30. The SMILES string of the molecule is NCCCO[C@@H]1O[C@H](CO)[C@@H](O)[C@H](O[C@H]2OC[C@@H](O)[C@H](O[C@H]3OC[C@@H](O)[C@H](O)[C@H]3O)[C@H]2O)[C@H]1O. The molecule has 3 aliphatic heterocycles. The van der Waals surface area contributed by atoms with Gasteiger partial charge in [0.1, 0.15) is 61.0 Å². The van der Waals surface area contributed by atoms with E-state index in [9.17, 15) is 40.9 Å². The monoisotopic (exact) mass is 501 g/mol. The van der Waals surface area contributed by atoms with Gasteiger partial charge in [0.2, 0.25) is 0 Å². The van der Waals surface area contributed by atoms with Gasteiger partial charge in [-0.2, -0.15) is 0 Å². The van der Waals surface area contributed by atoms with Crippen molar-refractivity contribution in [3.63, 3.8) is 0 Å². The van der Waals surface area contributed by atoms with Crippen LogP contribution in [-0.2, 0) is 28.4 Å². The molecule has 0 aliphatic carbocycles. The quantitative estimate of drug-likeness (QED) is 0.134. The van der Waals surface area contributed by atoms with Gasteiger partial charge in [0, 0.05) is 0 Å². The van der Waals surface area contributed by atoms with Gasteiger partial charge in [0.25, 0.3) is 0 Å². The molecule has 200 valence electrons. The van der Waals surface area contributed by atoms with Crippen LogP contribution < -0.4 is 5.73 Å². The minimum Gasteiger partial charge on any atom is -0.394 e. The molecular formula is C19H35NO14. The van der Waals surface area contributed by atoms with Crippen LogP contribution in [0.1, 0.15) is 6.42 Å². The molecule has 15 nitrogen and oxygen atoms in total. The topological polar surface area (TPSA) is 243 Å². The Hall–Kier alpha value is -0.600. The van der Waals surface area contributed by atoms with Crippen LogP contribution in [0.3, 0.4) is 0 Å². The fourth-order valence-corrected chi connectivity index (χ4v) is 3.90. The molecule has 0 saturated carbocycles. The molecule has 0 aromatic rings. The molecule has 0 aromatic carbocycles. The van der Waals surface area contributed by atoms with E-state index in [-0.39, 0.29) is 13.2 Å². The predicted octanol–water partition coefficient (Wildman–Crippen LogP) is -5.92. The largest absolute Gasteiger partial charge is 0.394 e. The summed E-state index contributed by atoms with van der Waals surface area (Å²) in [6.45, 7) is -0.902. The summed E-state index contributed by atoms with van der Waals surface area (Å²) in [6.07, 6.45) is -18.6. The number of aliphatic hydroxyl groups is 8. The first-order chi connectivity index (χ1) is 16.2. The van der Waals surface area contributed by atoms with Gasteiger partial charge in [-0.25, -0.2) is 0 Å². The summed E-state index contributed by atoms with van der Waals surface area (Å²) in [5.74, 6) is 0. The summed E-state index contributed by atoms with van der Waals surface area (Å²) in [5.41, 5.74) is 5.42. The summed E-state index contributed by atoms with van der Waals surface area (Å²) in [6, 6.07) is 0. The van der Waals surface area contributed by atoms with Crippen molar-refractivity contribution in [3.8, 4) is 0 Å². The lowest BCUT2D eigenvalue weighted by Gasteiger charge is -2.46. The maximum Gasteiger partial charge on any atom is 0.186 e. The van der Waals surface area contributed by atoms with Gasteiger partial charge in [-0.15, -0.1) is 0 Å². The fourth-order valence-electron chi connectivity index (χ4n) is 3.90. The molecule has 0 radical (unpaired) electrons. The molecule has 3 heterocycles. The molecule has 0 unspecified atom stereocenters. The maximum absolute atomic E-state index is 10.7. The molecule has 0 bridgehead atoms. The van der Waals surface area contributed by atoms with Gasteiger partial charge in [-0.05, 0) is 13.0 Å². The van der Waals surface area contributed by atoms with E-state index in [4.69, 9.17) is 34.2 Å². The average molecular weight is 501 g/mol. The Morgan fingerprint density at radius 3 is 1.94 bits per heavy atom. The number of nitrogens with two attached hydrogens (primary N) is 1. The second-order valence-electron chi connectivity index (χ2n) is 8.43. The Morgan fingerprint density at radius 2 is 1.29 bits per heavy atom. The molecule has 3 saturated heterocycles. The normalized spacial score (nSPS) is 48.1. The summed E-state index contributed by atoms with van der Waals surface area (Å²) in [4.78, 5) is 0. The van der Waals surface area contributed by atoms with Gasteiger partial charge in [-0.3, -0.25) is 0 Å². The van der Waals surface area contributed by atoms with Gasteiger partial charge >= 0.3 is 0 Å². The standard InChI is InChI=1S/C19H35NO14/c20-2-1-3-29-18-14(28)16(11(25)9(4-21)32-18)34-19-13(27)15(8(23)6-31-19)33-17-12(26)10(24)7(22)5-30-17/h7-19,21-28H,1-6,20H2/t7-,8-,9-,10+,11-,12-,13-,14-,15+,16+,17-,18-,19-/m1/s1. The van der Waals surface area contributed by atoms with Gasteiger partial charge in [0.15, 0.2) is 18.9 Å². The minimum absolute atomic E-state index is 0.133. The average Bonchev–Trinajstić information content (AvgIpc) is 2.82. The van der Waals surface area contributed by atoms with Crippen LogP contribution in [0.25, 0.3) is 0 Å². The molecule has 0 spiro atoms. The molecule has 34 heavy (non-hydrogen) atoms. The van der Waals surface area contributed by atoms with Crippen molar-refractivity contribution < 1.29 is 69.3 Å². The van der Waals surface area contributed by atoms with Crippen LogP contribution in [0, 0.1) is 0 Å². The van der Waals surface area contributed by atoms with Crippen LogP contribution in [0.2, 0.25) is 0 Å². The highest BCUT2D eigenvalue weighted by atomic mass is 16.7. The minimum atomic E-state index is -1.70. The Kier molecular flexibility index (Phi) is 10.3. The number of ether oxygens (including phenoxy) is 6. The smallest absolute Gasteiger partial charge is 0.186 e. The lowest BCUT2D eigenvalue weighted by molar-refractivity contribution is -0.364. The second kappa shape index (κ2) is 12.6. The van der Waals surface area contributed by atoms with Crippen LogP contribution in [0.5, 0.6) is 0 Å². The van der Waals surface area contributed by atoms with E-state index in [1.807, 2.05) is 0 Å². The van der Waals surface area contributed by atoms with E-state index in [2.05, 4.69) is 0 Å². The Bertz CT molecular complexity index is 618. The van der Waals surface area contributed by atoms with Crippen molar-refractivity contribution in [2.24, 2.45) is 5.73 Å². The van der Waals surface area contributed by atoms with Crippen molar-refractivity contribution in [1.82, 2.24) is 0 Å². The maximum atomic E-state index is 10.7. The summed E-state index contributed by atoms with van der Waals surface area (Å²) < 4.78 is 32.3. The van der Waals surface area contributed by atoms with Gasteiger partial charge < -0.3 is 75.0 Å². The highest BCUT2D eigenvalue weighted by molar-refractivity contribution is 4.93. The van der Waals surface area contributed by atoms with E-state index in [0.29, 0.717) is 13.0 Å². The lowest BCUT2D eigenvalue weighted by atomic mass is 9.98. The summed E-state index contributed by atoms with van der Waals surface area (Å²) in [7, 11) is 0. The second-order valence-corrected chi connectivity index (χ2v) is 8.43. The van der Waals surface area contributed by atoms with E-state index in [1.165, 1.54) is 0 Å². The van der Waals surface area contributed by atoms with Crippen LogP contribution in [0.15, 0.2) is 0 Å². The van der Waals surface area contributed by atoms with Crippen LogP contribution >= 0.6 is 0 Å². The van der Waals surface area contributed by atoms with Crippen LogP contribution in [-0.4, -0.2) is 154 Å². The molecule has 15 heteroatoms. The first kappa shape index (κ1) is 28.0. The lowest BCUT2D eigenvalue weighted by Crippen LogP contribution is -2.64. The van der Waals surface area contributed by atoms with Crippen molar-refractivity contribution in [2.45, 2.75) is 86.3 Å². The fraction of sp³-hybridized carbons (Fsp3) is 1.00. The van der Waals surface area contributed by atoms with E-state index >= 15 is 0 Å². The Morgan fingerprint density at radius 1 is 0.706 bits per heavy atom. The zero-order chi connectivity index (χ0) is 25.0. The molecular weight excluding hydrogens is 466 g/mol. The number of hydrogen-bond donors (Lipinski definition) is 9. The third-order valence-corrected chi connectivity index (χ3v) is 5.92. The summed E-state index contributed by atoms with van der Waals surface area (Å²) in [5, 5.41) is 81.1. The number of hydrogen-bond acceptors (Lipinski definition) is 15. The first-order valence-corrected chi connectivity index (χ1v) is 11.1. The molecule has 13 atom stereocenters. The highest BCUT2D eigenvalue weighted by Gasteiger charge is 2.51. The zero-order valence-corrected chi connectivity index (χ0v) is 18.4. The molecule has 3 fully saturated rings. The van der Waals surface area contributed by atoms with E-state index in [0.717, 1.165) is 0 Å². The molecule has 0 amide bonds. The zero-order valence-electron chi connectivity index (χ0n) is 18.4. The predicted molar refractivity (Wildman–Crippen MR) is 107 cm³/mol. The van der Waals surface area contributed by atoms with Crippen molar-refractivity contribution in [3.05, 3.63) is 0 Å².